The van der Waals surface area contributed by atoms with Crippen molar-refractivity contribution in [1.82, 2.24) is 0 Å². The van der Waals surface area contributed by atoms with Gasteiger partial charge in [0.1, 0.15) is 11.5 Å². The highest BCUT2D eigenvalue weighted by atomic mass is 35.5. The SMILES string of the molecule is O=C(/C=C/c1ccc(-c2cc(Cl)ccc2Cl)o1)Nc1ccc(N2CCOCC2)c(Cl)c1. The highest BCUT2D eigenvalue weighted by molar-refractivity contribution is 6.35. The number of amides is 1. The third-order valence-corrected chi connectivity index (χ3v) is 5.65. The number of morpholine rings is 1. The molecule has 0 unspecified atom stereocenters. The van der Waals surface area contributed by atoms with E-state index in [-0.39, 0.29) is 5.91 Å². The van der Waals surface area contributed by atoms with Gasteiger partial charge in [-0.2, -0.15) is 0 Å². The number of halogens is 3. The molecule has 2 aromatic carbocycles. The Morgan fingerprint density at radius 2 is 1.77 bits per heavy atom. The van der Waals surface area contributed by atoms with Crippen LogP contribution in [0.1, 0.15) is 5.76 Å². The number of rotatable bonds is 5. The first kappa shape index (κ1) is 21.8. The maximum Gasteiger partial charge on any atom is 0.248 e. The number of ether oxygens (including phenoxy) is 1. The predicted molar refractivity (Wildman–Crippen MR) is 126 cm³/mol. The third-order valence-electron chi connectivity index (χ3n) is 4.79. The number of hydrogen-bond acceptors (Lipinski definition) is 4. The Morgan fingerprint density at radius 3 is 2.55 bits per heavy atom. The van der Waals surface area contributed by atoms with E-state index < -0.39 is 0 Å². The molecular formula is C23H19Cl3N2O3. The average molecular weight is 478 g/mol. The molecule has 0 atom stereocenters. The first-order valence-electron chi connectivity index (χ1n) is 9.66. The first-order valence-corrected chi connectivity index (χ1v) is 10.8. The van der Waals surface area contributed by atoms with Crippen molar-refractivity contribution in [1.29, 1.82) is 0 Å². The standard InChI is InChI=1S/C23H19Cl3N2O3/c24-15-1-5-19(25)18(13-15)22-7-3-17(31-22)4-8-23(29)27-16-2-6-21(20(26)14-16)28-9-11-30-12-10-28/h1-8,13-14H,9-12H2,(H,27,29)/b8-4+. The van der Waals surface area contributed by atoms with Crippen LogP contribution in [0.4, 0.5) is 11.4 Å². The summed E-state index contributed by atoms with van der Waals surface area (Å²) in [6.07, 6.45) is 2.98. The Balaban J connectivity index is 1.40. The van der Waals surface area contributed by atoms with Gasteiger partial charge in [0.15, 0.2) is 0 Å². The molecule has 31 heavy (non-hydrogen) atoms. The summed E-state index contributed by atoms with van der Waals surface area (Å²) in [4.78, 5) is 14.5. The van der Waals surface area contributed by atoms with E-state index in [0.717, 1.165) is 18.8 Å². The molecule has 0 bridgehead atoms. The van der Waals surface area contributed by atoms with E-state index in [1.54, 1.807) is 42.5 Å². The second-order valence-corrected chi connectivity index (χ2v) is 8.17. The van der Waals surface area contributed by atoms with Crippen molar-refractivity contribution in [2.75, 3.05) is 36.5 Å². The van der Waals surface area contributed by atoms with Crippen molar-refractivity contribution in [2.45, 2.75) is 0 Å². The molecular weight excluding hydrogens is 459 g/mol. The maximum absolute atomic E-state index is 12.3. The van der Waals surface area contributed by atoms with Gasteiger partial charge in [-0.25, -0.2) is 0 Å². The summed E-state index contributed by atoms with van der Waals surface area (Å²) in [6.45, 7) is 2.94. The van der Waals surface area contributed by atoms with Gasteiger partial charge in [0.2, 0.25) is 5.91 Å². The minimum Gasteiger partial charge on any atom is -0.457 e. The minimum atomic E-state index is -0.297. The van der Waals surface area contributed by atoms with Crippen LogP contribution >= 0.6 is 34.8 Å². The maximum atomic E-state index is 12.3. The fourth-order valence-corrected chi connectivity index (χ4v) is 3.94. The number of carbonyl (C=O) groups is 1. The molecule has 0 radical (unpaired) electrons. The first-order chi connectivity index (χ1) is 15.0. The molecule has 3 aromatic rings. The zero-order valence-electron chi connectivity index (χ0n) is 16.4. The quantitative estimate of drug-likeness (QED) is 0.432. The Hall–Kier alpha value is -2.44. The van der Waals surface area contributed by atoms with E-state index in [2.05, 4.69) is 10.2 Å². The summed E-state index contributed by atoms with van der Waals surface area (Å²) in [5.41, 5.74) is 2.23. The van der Waals surface area contributed by atoms with Gasteiger partial charge in [0.05, 0.1) is 28.9 Å². The van der Waals surface area contributed by atoms with Crippen molar-refractivity contribution < 1.29 is 13.9 Å². The number of benzene rings is 2. The fourth-order valence-electron chi connectivity index (χ4n) is 3.26. The molecule has 160 valence electrons. The Labute approximate surface area is 195 Å². The van der Waals surface area contributed by atoms with Gasteiger partial charge in [-0.1, -0.05) is 34.8 Å². The van der Waals surface area contributed by atoms with Crippen LogP contribution in [0.3, 0.4) is 0 Å². The lowest BCUT2D eigenvalue weighted by Gasteiger charge is -2.29. The van der Waals surface area contributed by atoms with Crippen LogP contribution < -0.4 is 10.2 Å². The summed E-state index contributed by atoms with van der Waals surface area (Å²) in [6, 6.07) is 14.2. The largest absolute Gasteiger partial charge is 0.457 e. The molecule has 1 amide bonds. The van der Waals surface area contributed by atoms with E-state index in [0.29, 0.717) is 51.1 Å². The van der Waals surface area contributed by atoms with E-state index >= 15 is 0 Å². The molecule has 1 aliphatic rings. The van der Waals surface area contributed by atoms with Gasteiger partial charge in [0.25, 0.3) is 0 Å². The number of hydrogen-bond donors (Lipinski definition) is 1. The Morgan fingerprint density at radius 1 is 0.968 bits per heavy atom. The number of anilines is 2. The molecule has 1 aliphatic heterocycles. The van der Waals surface area contributed by atoms with Crippen LogP contribution in [0.5, 0.6) is 0 Å². The lowest BCUT2D eigenvalue weighted by atomic mass is 10.2. The lowest BCUT2D eigenvalue weighted by Crippen LogP contribution is -2.36. The predicted octanol–water partition coefficient (Wildman–Crippen LogP) is 6.40. The van der Waals surface area contributed by atoms with Gasteiger partial charge in [-0.15, -0.1) is 0 Å². The van der Waals surface area contributed by atoms with Crippen molar-refractivity contribution in [3.8, 4) is 11.3 Å². The van der Waals surface area contributed by atoms with Crippen LogP contribution in [0.15, 0.2) is 59.0 Å². The van der Waals surface area contributed by atoms with Crippen molar-refractivity contribution in [3.05, 3.63) is 75.4 Å². The second kappa shape index (κ2) is 9.79. The molecule has 1 fully saturated rings. The summed E-state index contributed by atoms with van der Waals surface area (Å²) < 4.78 is 11.1. The fraction of sp³-hybridized carbons (Fsp3) is 0.174. The van der Waals surface area contributed by atoms with Crippen molar-refractivity contribution in [3.63, 3.8) is 0 Å². The van der Waals surface area contributed by atoms with Crippen LogP contribution in [-0.4, -0.2) is 32.2 Å². The smallest absolute Gasteiger partial charge is 0.248 e. The molecule has 1 N–H and O–H groups in total. The van der Waals surface area contributed by atoms with E-state index in [1.165, 1.54) is 6.08 Å². The molecule has 8 heteroatoms. The van der Waals surface area contributed by atoms with Crippen molar-refractivity contribution in [2.24, 2.45) is 0 Å². The van der Waals surface area contributed by atoms with Gasteiger partial charge in [0, 0.05) is 35.4 Å². The second-order valence-electron chi connectivity index (χ2n) is 6.91. The van der Waals surface area contributed by atoms with Gasteiger partial charge in [-0.05, 0) is 54.6 Å². The van der Waals surface area contributed by atoms with Gasteiger partial charge < -0.3 is 19.4 Å². The van der Waals surface area contributed by atoms with E-state index in [4.69, 9.17) is 44.0 Å². The Kier molecular flexibility index (Phi) is 6.88. The average Bonchev–Trinajstić information content (AvgIpc) is 3.23. The number of furan rings is 1. The van der Waals surface area contributed by atoms with Crippen LogP contribution in [0.2, 0.25) is 15.1 Å². The summed E-state index contributed by atoms with van der Waals surface area (Å²) in [7, 11) is 0. The molecule has 5 nitrogen and oxygen atoms in total. The number of carbonyl (C=O) groups excluding carboxylic acids is 1. The van der Waals surface area contributed by atoms with Crippen LogP contribution in [-0.2, 0) is 9.53 Å². The van der Waals surface area contributed by atoms with E-state index in [9.17, 15) is 4.79 Å². The molecule has 2 heterocycles. The third kappa shape index (κ3) is 5.43. The summed E-state index contributed by atoms with van der Waals surface area (Å²) in [5.74, 6) is 0.786. The van der Waals surface area contributed by atoms with Crippen LogP contribution in [0, 0.1) is 0 Å². The van der Waals surface area contributed by atoms with E-state index in [1.807, 2.05) is 12.1 Å². The zero-order valence-corrected chi connectivity index (χ0v) is 18.7. The highest BCUT2D eigenvalue weighted by Gasteiger charge is 2.15. The van der Waals surface area contributed by atoms with Crippen LogP contribution in [0.25, 0.3) is 17.4 Å². The Bertz CT molecular complexity index is 1120. The molecule has 1 saturated heterocycles. The van der Waals surface area contributed by atoms with Gasteiger partial charge in [-0.3, -0.25) is 4.79 Å². The minimum absolute atomic E-state index is 0.297. The summed E-state index contributed by atoms with van der Waals surface area (Å²) >= 11 is 18.7. The lowest BCUT2D eigenvalue weighted by molar-refractivity contribution is -0.111. The number of nitrogens with one attached hydrogen (secondary N) is 1. The molecule has 0 aliphatic carbocycles. The number of nitrogens with zero attached hydrogens (tertiary/aromatic N) is 1. The molecule has 4 rings (SSSR count). The molecule has 0 saturated carbocycles. The monoisotopic (exact) mass is 476 g/mol. The highest BCUT2D eigenvalue weighted by Crippen LogP contribution is 2.32. The molecule has 0 spiro atoms. The van der Waals surface area contributed by atoms with Crippen molar-refractivity contribution >= 4 is 58.2 Å². The zero-order chi connectivity index (χ0) is 21.8. The summed E-state index contributed by atoms with van der Waals surface area (Å²) in [5, 5.41) is 4.48. The van der Waals surface area contributed by atoms with Gasteiger partial charge >= 0.3 is 0 Å². The molecule has 1 aromatic heterocycles. The normalized spacial score (nSPS) is 14.2. The topological polar surface area (TPSA) is 54.7 Å².